The molecule has 0 unspecified atom stereocenters. The van der Waals surface area contributed by atoms with Crippen LogP contribution in [0.15, 0.2) is 6.33 Å². The predicted molar refractivity (Wildman–Crippen MR) is 42.5 cm³/mol. The van der Waals surface area contributed by atoms with Crippen LogP contribution in [0.5, 0.6) is 5.88 Å². The summed E-state index contributed by atoms with van der Waals surface area (Å²) in [6.45, 7) is 0.621. The lowest BCUT2D eigenvalue weighted by atomic mass is 10.3. The van der Waals surface area contributed by atoms with Crippen molar-refractivity contribution < 1.29 is 4.74 Å². The molecule has 0 aromatic carbocycles. The Kier molecular flexibility index (Phi) is 2.48. The van der Waals surface area contributed by atoms with Gasteiger partial charge < -0.3 is 15.0 Å². The molecule has 0 amide bonds. The van der Waals surface area contributed by atoms with Crippen LogP contribution in [0, 0.1) is 0 Å². The number of rotatable bonds is 3. The van der Waals surface area contributed by atoms with Crippen molar-refractivity contribution in [1.82, 2.24) is 9.55 Å². The van der Waals surface area contributed by atoms with Gasteiger partial charge in [0.1, 0.15) is 0 Å². The van der Waals surface area contributed by atoms with Crippen LogP contribution in [0.2, 0.25) is 0 Å². The van der Waals surface area contributed by atoms with Crippen molar-refractivity contribution >= 4 is 0 Å². The molecule has 0 aliphatic heterocycles. The molecule has 0 atom stereocenters. The fourth-order valence-corrected chi connectivity index (χ4v) is 1.02. The molecule has 11 heavy (non-hydrogen) atoms. The van der Waals surface area contributed by atoms with Crippen LogP contribution in [-0.2, 0) is 13.5 Å². The summed E-state index contributed by atoms with van der Waals surface area (Å²) in [7, 11) is 3.54. The van der Waals surface area contributed by atoms with Crippen LogP contribution in [0.4, 0.5) is 0 Å². The highest BCUT2D eigenvalue weighted by Crippen LogP contribution is 2.13. The third-order valence-corrected chi connectivity index (χ3v) is 1.60. The first kappa shape index (κ1) is 8.07. The number of nitrogens with two attached hydrogens (primary N) is 1. The topological polar surface area (TPSA) is 53.1 Å². The Morgan fingerprint density at radius 1 is 1.73 bits per heavy atom. The van der Waals surface area contributed by atoms with Crippen LogP contribution in [0.1, 0.15) is 5.69 Å². The minimum absolute atomic E-state index is 0.621. The van der Waals surface area contributed by atoms with Gasteiger partial charge in [0.2, 0.25) is 5.88 Å². The van der Waals surface area contributed by atoms with Crippen molar-refractivity contribution in [2.24, 2.45) is 12.8 Å². The zero-order chi connectivity index (χ0) is 8.27. The molecule has 1 heterocycles. The van der Waals surface area contributed by atoms with E-state index in [0.717, 1.165) is 12.1 Å². The third-order valence-electron chi connectivity index (χ3n) is 1.60. The predicted octanol–water partition coefficient (Wildman–Crippen LogP) is -0.0701. The van der Waals surface area contributed by atoms with E-state index >= 15 is 0 Å². The third kappa shape index (κ3) is 1.51. The molecule has 0 bridgehead atoms. The van der Waals surface area contributed by atoms with Crippen molar-refractivity contribution in [1.29, 1.82) is 0 Å². The van der Waals surface area contributed by atoms with E-state index in [4.69, 9.17) is 10.5 Å². The van der Waals surface area contributed by atoms with Gasteiger partial charge in [0, 0.05) is 13.5 Å². The van der Waals surface area contributed by atoms with E-state index in [1.807, 2.05) is 11.6 Å². The Balaban J connectivity index is 2.88. The van der Waals surface area contributed by atoms with Crippen LogP contribution < -0.4 is 10.5 Å². The molecule has 0 fully saturated rings. The lowest BCUT2D eigenvalue weighted by molar-refractivity contribution is 0.394. The summed E-state index contributed by atoms with van der Waals surface area (Å²) in [5.41, 5.74) is 6.47. The number of hydrogen-bond donors (Lipinski definition) is 1. The second-order valence-corrected chi connectivity index (χ2v) is 2.35. The van der Waals surface area contributed by atoms with Crippen LogP contribution in [0.25, 0.3) is 0 Å². The quantitative estimate of drug-likeness (QED) is 0.664. The highest BCUT2D eigenvalue weighted by molar-refractivity contribution is 5.19. The molecule has 62 valence electrons. The Morgan fingerprint density at radius 2 is 2.45 bits per heavy atom. The second-order valence-electron chi connectivity index (χ2n) is 2.35. The van der Waals surface area contributed by atoms with E-state index < -0.39 is 0 Å². The average molecular weight is 155 g/mol. The molecule has 0 aliphatic carbocycles. The number of imidazole rings is 1. The van der Waals surface area contributed by atoms with Crippen LogP contribution in [-0.4, -0.2) is 23.2 Å². The van der Waals surface area contributed by atoms with Crippen molar-refractivity contribution in [3.8, 4) is 5.88 Å². The normalized spacial score (nSPS) is 10.1. The van der Waals surface area contributed by atoms with Crippen molar-refractivity contribution in [2.75, 3.05) is 13.7 Å². The van der Waals surface area contributed by atoms with Gasteiger partial charge in [0.15, 0.2) is 0 Å². The van der Waals surface area contributed by atoms with Crippen molar-refractivity contribution in [3.05, 3.63) is 12.0 Å². The number of nitrogens with zero attached hydrogens (tertiary/aromatic N) is 2. The largest absolute Gasteiger partial charge is 0.480 e. The number of aromatic nitrogens is 2. The number of aryl methyl sites for hydroxylation is 1. The van der Waals surface area contributed by atoms with Crippen molar-refractivity contribution in [2.45, 2.75) is 6.42 Å². The molecule has 0 saturated heterocycles. The van der Waals surface area contributed by atoms with E-state index in [9.17, 15) is 0 Å². The Bertz CT molecular complexity index is 232. The molecule has 0 spiro atoms. The maximum atomic E-state index is 5.42. The minimum Gasteiger partial charge on any atom is -0.480 e. The summed E-state index contributed by atoms with van der Waals surface area (Å²) in [5, 5.41) is 0. The lowest BCUT2D eigenvalue weighted by Crippen LogP contribution is -2.07. The zero-order valence-corrected chi connectivity index (χ0v) is 6.87. The Morgan fingerprint density at radius 3 is 3.00 bits per heavy atom. The Hall–Kier alpha value is -1.03. The number of methoxy groups -OCH3 is 1. The molecule has 1 aromatic heterocycles. The molecule has 0 saturated carbocycles. The number of ether oxygens (including phenoxy) is 1. The molecular weight excluding hydrogens is 142 g/mol. The summed E-state index contributed by atoms with van der Waals surface area (Å²) < 4.78 is 6.95. The highest BCUT2D eigenvalue weighted by atomic mass is 16.5. The zero-order valence-electron chi connectivity index (χ0n) is 6.87. The number of hydrogen-bond acceptors (Lipinski definition) is 3. The van der Waals surface area contributed by atoms with Gasteiger partial charge in [-0.1, -0.05) is 0 Å². The first-order valence-electron chi connectivity index (χ1n) is 3.53. The van der Waals surface area contributed by atoms with E-state index in [1.54, 1.807) is 13.4 Å². The first-order valence-corrected chi connectivity index (χ1v) is 3.53. The van der Waals surface area contributed by atoms with E-state index in [2.05, 4.69) is 4.98 Å². The standard InChI is InChI=1S/C7H13N3O/c1-10-5-9-7(11-2)6(10)3-4-8/h5H,3-4,8H2,1-2H3. The maximum Gasteiger partial charge on any atom is 0.234 e. The molecule has 0 aliphatic rings. The van der Waals surface area contributed by atoms with Gasteiger partial charge in [-0.2, -0.15) is 0 Å². The van der Waals surface area contributed by atoms with Gasteiger partial charge in [0.05, 0.1) is 19.1 Å². The monoisotopic (exact) mass is 155 g/mol. The van der Waals surface area contributed by atoms with Crippen LogP contribution >= 0.6 is 0 Å². The molecule has 1 aromatic rings. The summed E-state index contributed by atoms with van der Waals surface area (Å²) in [6, 6.07) is 0. The summed E-state index contributed by atoms with van der Waals surface area (Å²) in [5.74, 6) is 0.679. The molecule has 4 nitrogen and oxygen atoms in total. The fraction of sp³-hybridized carbons (Fsp3) is 0.571. The molecule has 2 N–H and O–H groups in total. The summed E-state index contributed by atoms with van der Waals surface area (Å²) in [4.78, 5) is 4.04. The van der Waals surface area contributed by atoms with E-state index in [1.165, 1.54) is 0 Å². The first-order chi connectivity index (χ1) is 5.29. The Labute approximate surface area is 66.0 Å². The van der Waals surface area contributed by atoms with Gasteiger partial charge >= 0.3 is 0 Å². The minimum atomic E-state index is 0.621. The summed E-state index contributed by atoms with van der Waals surface area (Å²) in [6.07, 6.45) is 2.53. The average Bonchev–Trinajstić information content (AvgIpc) is 2.34. The van der Waals surface area contributed by atoms with E-state index in [0.29, 0.717) is 12.4 Å². The van der Waals surface area contributed by atoms with Crippen molar-refractivity contribution in [3.63, 3.8) is 0 Å². The molecular formula is C7H13N3O. The van der Waals surface area contributed by atoms with Crippen LogP contribution in [0.3, 0.4) is 0 Å². The molecule has 1 rings (SSSR count). The van der Waals surface area contributed by atoms with Gasteiger partial charge in [-0.05, 0) is 6.54 Å². The fourth-order valence-electron chi connectivity index (χ4n) is 1.02. The van der Waals surface area contributed by atoms with Gasteiger partial charge in [-0.25, -0.2) is 4.98 Å². The summed E-state index contributed by atoms with van der Waals surface area (Å²) >= 11 is 0. The molecule has 4 heteroatoms. The maximum absolute atomic E-state index is 5.42. The van der Waals surface area contributed by atoms with Gasteiger partial charge in [-0.15, -0.1) is 0 Å². The molecule has 0 radical (unpaired) electrons. The second kappa shape index (κ2) is 3.39. The van der Waals surface area contributed by atoms with Gasteiger partial charge in [0.25, 0.3) is 0 Å². The highest BCUT2D eigenvalue weighted by Gasteiger charge is 2.06. The van der Waals surface area contributed by atoms with Gasteiger partial charge in [-0.3, -0.25) is 0 Å². The lowest BCUT2D eigenvalue weighted by Gasteiger charge is -2.01. The smallest absolute Gasteiger partial charge is 0.234 e. The van der Waals surface area contributed by atoms with E-state index in [-0.39, 0.29) is 0 Å². The SMILES string of the molecule is COc1ncn(C)c1CCN.